The van der Waals surface area contributed by atoms with Gasteiger partial charge in [-0.2, -0.15) is 13.2 Å². The summed E-state index contributed by atoms with van der Waals surface area (Å²) in [5.41, 5.74) is -0.768. The monoisotopic (exact) mass is 305 g/mol. The van der Waals surface area contributed by atoms with Gasteiger partial charge in [0.15, 0.2) is 6.61 Å². The molecule has 0 aromatic heterocycles. The third kappa shape index (κ3) is 6.03. The summed E-state index contributed by atoms with van der Waals surface area (Å²) in [6.07, 6.45) is -4.45. The first-order chi connectivity index (χ1) is 9.70. The van der Waals surface area contributed by atoms with E-state index < -0.39 is 17.8 Å². The van der Waals surface area contributed by atoms with Crippen LogP contribution in [-0.4, -0.2) is 42.2 Å². The molecule has 0 saturated heterocycles. The number of rotatable bonds is 6. The van der Waals surface area contributed by atoms with Crippen LogP contribution in [0.15, 0.2) is 24.3 Å². The van der Waals surface area contributed by atoms with E-state index in [1.165, 1.54) is 17.0 Å². The molecule has 1 unspecified atom stereocenters. The quantitative estimate of drug-likeness (QED) is 0.877. The number of aliphatic hydroxyl groups is 1. The van der Waals surface area contributed by atoms with Crippen molar-refractivity contribution in [2.45, 2.75) is 25.6 Å². The van der Waals surface area contributed by atoms with E-state index in [9.17, 15) is 18.0 Å². The molecule has 1 aromatic rings. The van der Waals surface area contributed by atoms with Gasteiger partial charge in [0.2, 0.25) is 0 Å². The Bertz CT molecular complexity index is 458. The smallest absolute Gasteiger partial charge is 0.416 e. The largest absolute Gasteiger partial charge is 0.484 e. The van der Waals surface area contributed by atoms with Crippen molar-refractivity contribution in [2.24, 2.45) is 0 Å². The van der Waals surface area contributed by atoms with Gasteiger partial charge in [-0.3, -0.25) is 4.79 Å². The van der Waals surface area contributed by atoms with Crippen molar-refractivity contribution in [3.63, 3.8) is 0 Å². The summed E-state index contributed by atoms with van der Waals surface area (Å²) >= 11 is 0. The zero-order valence-corrected chi connectivity index (χ0v) is 11.9. The van der Waals surface area contributed by atoms with Crippen LogP contribution in [0.2, 0.25) is 0 Å². The number of hydrogen-bond donors (Lipinski definition) is 1. The van der Waals surface area contributed by atoms with E-state index in [0.717, 1.165) is 12.1 Å². The summed E-state index contributed by atoms with van der Waals surface area (Å²) in [5.74, 6) is -0.115. The Morgan fingerprint density at radius 1 is 1.33 bits per heavy atom. The SMILES string of the molecule is CC(O)CCN(C)C(=O)COc1ccc(C(F)(F)F)cc1. The number of carbonyl (C=O) groups is 1. The number of aliphatic hydroxyl groups excluding tert-OH is 1. The third-order valence-electron chi connectivity index (χ3n) is 2.85. The van der Waals surface area contributed by atoms with Crippen LogP contribution in [0.3, 0.4) is 0 Å². The Hall–Kier alpha value is -1.76. The van der Waals surface area contributed by atoms with Crippen LogP contribution >= 0.6 is 0 Å². The van der Waals surface area contributed by atoms with Gasteiger partial charge in [0, 0.05) is 13.6 Å². The lowest BCUT2D eigenvalue weighted by molar-refractivity contribution is -0.137. The highest BCUT2D eigenvalue weighted by Gasteiger charge is 2.30. The maximum absolute atomic E-state index is 12.4. The molecule has 1 rings (SSSR count). The van der Waals surface area contributed by atoms with E-state index >= 15 is 0 Å². The number of nitrogens with zero attached hydrogens (tertiary/aromatic N) is 1. The lowest BCUT2D eigenvalue weighted by atomic mass is 10.2. The van der Waals surface area contributed by atoms with Gasteiger partial charge in [-0.05, 0) is 37.6 Å². The Labute approximate surface area is 121 Å². The van der Waals surface area contributed by atoms with Gasteiger partial charge < -0.3 is 14.7 Å². The number of halogens is 3. The Balaban J connectivity index is 2.46. The minimum atomic E-state index is -4.39. The molecule has 7 heteroatoms. The fraction of sp³-hybridized carbons (Fsp3) is 0.500. The highest BCUT2D eigenvalue weighted by molar-refractivity contribution is 5.77. The third-order valence-corrected chi connectivity index (χ3v) is 2.85. The highest BCUT2D eigenvalue weighted by atomic mass is 19.4. The van der Waals surface area contributed by atoms with Crippen LogP contribution in [-0.2, 0) is 11.0 Å². The number of amides is 1. The highest BCUT2D eigenvalue weighted by Crippen LogP contribution is 2.30. The van der Waals surface area contributed by atoms with E-state index in [2.05, 4.69) is 0 Å². The van der Waals surface area contributed by atoms with Gasteiger partial charge in [-0.15, -0.1) is 0 Å². The number of alkyl halides is 3. The molecule has 0 aliphatic heterocycles. The van der Waals surface area contributed by atoms with Crippen molar-refractivity contribution >= 4 is 5.91 Å². The molecule has 0 aliphatic carbocycles. The molecule has 0 radical (unpaired) electrons. The summed E-state index contributed by atoms with van der Waals surface area (Å²) in [5, 5.41) is 9.12. The normalized spacial score (nSPS) is 12.9. The molecule has 0 fully saturated rings. The predicted molar refractivity (Wildman–Crippen MR) is 70.9 cm³/mol. The second kappa shape index (κ2) is 7.31. The maximum atomic E-state index is 12.4. The molecule has 4 nitrogen and oxygen atoms in total. The molecule has 118 valence electrons. The first kappa shape index (κ1) is 17.3. The number of carbonyl (C=O) groups excluding carboxylic acids is 1. The molecular weight excluding hydrogens is 287 g/mol. The molecule has 21 heavy (non-hydrogen) atoms. The van der Waals surface area contributed by atoms with E-state index in [4.69, 9.17) is 9.84 Å². The van der Waals surface area contributed by atoms with Gasteiger partial charge in [0.05, 0.1) is 11.7 Å². The van der Waals surface area contributed by atoms with E-state index in [1.807, 2.05) is 0 Å². The molecule has 0 bridgehead atoms. The molecule has 1 N–H and O–H groups in total. The number of benzene rings is 1. The topological polar surface area (TPSA) is 49.8 Å². The lowest BCUT2D eigenvalue weighted by Crippen LogP contribution is -2.33. The summed E-state index contributed by atoms with van der Waals surface area (Å²) in [7, 11) is 1.57. The molecule has 0 heterocycles. The summed E-state index contributed by atoms with van der Waals surface area (Å²) < 4.78 is 42.2. The molecule has 0 aliphatic rings. The first-order valence-electron chi connectivity index (χ1n) is 6.42. The van der Waals surface area contributed by atoms with E-state index in [0.29, 0.717) is 13.0 Å². The molecule has 1 amide bonds. The Morgan fingerprint density at radius 2 is 1.90 bits per heavy atom. The van der Waals surface area contributed by atoms with Gasteiger partial charge in [-0.25, -0.2) is 0 Å². The van der Waals surface area contributed by atoms with Crippen molar-refractivity contribution in [3.05, 3.63) is 29.8 Å². The zero-order valence-electron chi connectivity index (χ0n) is 11.9. The second-order valence-electron chi connectivity index (χ2n) is 4.76. The van der Waals surface area contributed by atoms with E-state index in [-0.39, 0.29) is 18.3 Å². The molecule has 1 aromatic carbocycles. The van der Waals surface area contributed by atoms with Gasteiger partial charge in [0.1, 0.15) is 5.75 Å². The zero-order chi connectivity index (χ0) is 16.0. The fourth-order valence-corrected chi connectivity index (χ4v) is 1.50. The van der Waals surface area contributed by atoms with Crippen molar-refractivity contribution in [1.82, 2.24) is 4.90 Å². The Morgan fingerprint density at radius 3 is 2.38 bits per heavy atom. The van der Waals surface area contributed by atoms with Crippen LogP contribution < -0.4 is 4.74 Å². The van der Waals surface area contributed by atoms with Crippen LogP contribution in [0.4, 0.5) is 13.2 Å². The van der Waals surface area contributed by atoms with Crippen molar-refractivity contribution in [3.8, 4) is 5.75 Å². The maximum Gasteiger partial charge on any atom is 0.416 e. The average molecular weight is 305 g/mol. The number of likely N-dealkylation sites (N-methyl/N-ethyl adjacent to an activating group) is 1. The van der Waals surface area contributed by atoms with Gasteiger partial charge in [0.25, 0.3) is 5.91 Å². The van der Waals surface area contributed by atoms with Crippen LogP contribution in [0.1, 0.15) is 18.9 Å². The van der Waals surface area contributed by atoms with Crippen LogP contribution in [0.25, 0.3) is 0 Å². The summed E-state index contributed by atoms with van der Waals surface area (Å²) in [6.45, 7) is 1.74. The molecule has 0 spiro atoms. The molecule has 1 atom stereocenters. The van der Waals surface area contributed by atoms with Crippen LogP contribution in [0.5, 0.6) is 5.75 Å². The van der Waals surface area contributed by atoms with Crippen molar-refractivity contribution < 1.29 is 27.8 Å². The number of ether oxygens (including phenoxy) is 1. The molecular formula is C14H18F3NO3. The van der Waals surface area contributed by atoms with Gasteiger partial charge in [-0.1, -0.05) is 0 Å². The summed E-state index contributed by atoms with van der Waals surface area (Å²) in [6, 6.07) is 4.14. The van der Waals surface area contributed by atoms with Crippen LogP contribution in [0, 0.1) is 0 Å². The van der Waals surface area contributed by atoms with Crippen molar-refractivity contribution in [2.75, 3.05) is 20.2 Å². The number of hydrogen-bond acceptors (Lipinski definition) is 3. The summed E-state index contributed by atoms with van der Waals surface area (Å²) in [4.78, 5) is 13.1. The first-order valence-corrected chi connectivity index (χ1v) is 6.42. The Kier molecular flexibility index (Phi) is 6.02. The average Bonchev–Trinajstić information content (AvgIpc) is 2.41. The lowest BCUT2D eigenvalue weighted by Gasteiger charge is -2.18. The molecule has 0 saturated carbocycles. The minimum absolute atomic E-state index is 0.195. The van der Waals surface area contributed by atoms with Crippen molar-refractivity contribution in [1.29, 1.82) is 0 Å². The van der Waals surface area contributed by atoms with Gasteiger partial charge >= 0.3 is 6.18 Å². The predicted octanol–water partition coefficient (Wildman–Crippen LogP) is 2.31. The standard InChI is InChI=1S/C14H18F3NO3/c1-10(19)7-8-18(2)13(20)9-21-12-5-3-11(4-6-12)14(15,16)17/h3-6,10,19H,7-9H2,1-2H3. The fourth-order valence-electron chi connectivity index (χ4n) is 1.50. The second-order valence-corrected chi connectivity index (χ2v) is 4.76. The van der Waals surface area contributed by atoms with E-state index in [1.54, 1.807) is 14.0 Å². The minimum Gasteiger partial charge on any atom is -0.484 e.